The Balaban J connectivity index is 2.42. The predicted octanol–water partition coefficient (Wildman–Crippen LogP) is 5.45. The summed E-state index contributed by atoms with van der Waals surface area (Å²) >= 11 is 12.3. The molecule has 0 aliphatic rings. The Bertz CT molecular complexity index is 858. The number of hydrogen-bond acceptors (Lipinski definition) is 3. The van der Waals surface area contributed by atoms with Crippen molar-refractivity contribution in [1.82, 2.24) is 0 Å². The first kappa shape index (κ1) is 14.0. The average molecular weight is 321 g/mol. The topological polar surface area (TPSA) is 35.5 Å². The van der Waals surface area contributed by atoms with Crippen LogP contribution in [-0.4, -0.2) is 13.3 Å². The van der Waals surface area contributed by atoms with Crippen LogP contribution in [0.15, 0.2) is 42.5 Å². The molecule has 3 nitrogen and oxygen atoms in total. The molecule has 21 heavy (non-hydrogen) atoms. The monoisotopic (exact) mass is 320 g/mol. The number of carbonyl (C=O) groups is 1. The molecule has 0 aliphatic carbocycles. The number of rotatable bonds is 1. The molecule has 3 aromatic carbocycles. The number of methoxy groups -OCH3 is 1. The summed E-state index contributed by atoms with van der Waals surface area (Å²) in [6.45, 7) is 0. The highest BCUT2D eigenvalue weighted by atomic mass is 35.5. The Morgan fingerprint density at radius 1 is 1.05 bits per heavy atom. The zero-order chi connectivity index (χ0) is 15.0. The van der Waals surface area contributed by atoms with E-state index >= 15 is 0 Å². The van der Waals surface area contributed by atoms with Crippen molar-refractivity contribution in [3.63, 3.8) is 0 Å². The fourth-order valence-corrected chi connectivity index (χ4v) is 2.74. The molecule has 0 bridgehead atoms. The van der Waals surface area contributed by atoms with Gasteiger partial charge in [-0.3, -0.25) is 0 Å². The van der Waals surface area contributed by atoms with Gasteiger partial charge in [-0.1, -0.05) is 35.3 Å². The van der Waals surface area contributed by atoms with Crippen LogP contribution in [0.3, 0.4) is 0 Å². The Labute approximate surface area is 131 Å². The lowest BCUT2D eigenvalue weighted by atomic mass is 10.0. The molecule has 106 valence electrons. The van der Waals surface area contributed by atoms with Crippen LogP contribution in [0.4, 0.5) is 4.79 Å². The fourth-order valence-electron chi connectivity index (χ4n) is 2.29. The molecule has 3 rings (SSSR count). The lowest BCUT2D eigenvalue weighted by molar-refractivity contribution is 0.122. The fraction of sp³-hybridized carbons (Fsp3) is 0.0625. The molecular formula is C16H10Cl2O3. The molecule has 3 aromatic rings. The van der Waals surface area contributed by atoms with Gasteiger partial charge in [0, 0.05) is 15.8 Å². The lowest BCUT2D eigenvalue weighted by Crippen LogP contribution is -2.08. The SMILES string of the molecule is COC(=O)Oc1c2ccc(Cl)cc2cc2cccc(Cl)c12. The van der Waals surface area contributed by atoms with Gasteiger partial charge in [0.05, 0.1) is 12.1 Å². The molecule has 0 saturated heterocycles. The first-order valence-electron chi connectivity index (χ1n) is 6.16. The van der Waals surface area contributed by atoms with Crippen LogP contribution in [0, 0.1) is 0 Å². The Morgan fingerprint density at radius 2 is 1.86 bits per heavy atom. The van der Waals surface area contributed by atoms with Crippen molar-refractivity contribution < 1.29 is 14.3 Å². The zero-order valence-electron chi connectivity index (χ0n) is 11.0. The smallest absolute Gasteiger partial charge is 0.437 e. The molecule has 0 spiro atoms. The third-order valence-electron chi connectivity index (χ3n) is 3.19. The van der Waals surface area contributed by atoms with Gasteiger partial charge in [0.15, 0.2) is 5.75 Å². The van der Waals surface area contributed by atoms with E-state index in [1.54, 1.807) is 24.3 Å². The van der Waals surface area contributed by atoms with E-state index in [9.17, 15) is 4.79 Å². The average Bonchev–Trinajstić information content (AvgIpc) is 2.46. The normalized spacial score (nSPS) is 10.8. The number of ether oxygens (including phenoxy) is 2. The molecule has 0 radical (unpaired) electrons. The van der Waals surface area contributed by atoms with E-state index in [-0.39, 0.29) is 0 Å². The number of fused-ring (bicyclic) bond motifs is 2. The van der Waals surface area contributed by atoms with E-state index < -0.39 is 6.16 Å². The highest BCUT2D eigenvalue weighted by molar-refractivity contribution is 6.37. The predicted molar refractivity (Wildman–Crippen MR) is 84.5 cm³/mol. The van der Waals surface area contributed by atoms with Crippen molar-refractivity contribution in [2.75, 3.05) is 7.11 Å². The van der Waals surface area contributed by atoms with Gasteiger partial charge in [0.1, 0.15) is 0 Å². The number of carbonyl (C=O) groups excluding carboxylic acids is 1. The van der Waals surface area contributed by atoms with Crippen LogP contribution >= 0.6 is 23.2 Å². The van der Waals surface area contributed by atoms with Gasteiger partial charge < -0.3 is 9.47 Å². The van der Waals surface area contributed by atoms with Gasteiger partial charge >= 0.3 is 6.16 Å². The Hall–Kier alpha value is -1.97. The van der Waals surface area contributed by atoms with Crippen LogP contribution in [0.25, 0.3) is 21.5 Å². The van der Waals surface area contributed by atoms with E-state index in [2.05, 4.69) is 4.74 Å². The summed E-state index contributed by atoms with van der Waals surface area (Å²) in [7, 11) is 1.26. The molecule has 0 saturated carbocycles. The maximum Gasteiger partial charge on any atom is 0.513 e. The Morgan fingerprint density at radius 3 is 2.62 bits per heavy atom. The molecule has 0 fully saturated rings. The molecule has 0 atom stereocenters. The van der Waals surface area contributed by atoms with Gasteiger partial charge in [-0.25, -0.2) is 4.79 Å². The van der Waals surface area contributed by atoms with Gasteiger partial charge in [-0.15, -0.1) is 0 Å². The lowest BCUT2D eigenvalue weighted by Gasteiger charge is -2.12. The first-order valence-corrected chi connectivity index (χ1v) is 6.92. The quantitative estimate of drug-likeness (QED) is 0.340. The summed E-state index contributed by atoms with van der Waals surface area (Å²) in [4.78, 5) is 11.5. The standard InChI is InChI=1S/C16H10Cl2O3/c1-20-16(19)21-15-12-6-5-11(17)8-10(12)7-9-3-2-4-13(18)14(9)15/h2-8H,1H3. The van der Waals surface area contributed by atoms with Gasteiger partial charge in [0.25, 0.3) is 0 Å². The second-order valence-electron chi connectivity index (χ2n) is 4.47. The third-order valence-corrected chi connectivity index (χ3v) is 3.74. The van der Waals surface area contributed by atoms with Crippen molar-refractivity contribution >= 4 is 50.9 Å². The first-order chi connectivity index (χ1) is 10.1. The molecule has 0 aliphatic heterocycles. The Kier molecular flexibility index (Phi) is 3.62. The third kappa shape index (κ3) is 2.50. The van der Waals surface area contributed by atoms with E-state index in [0.29, 0.717) is 21.2 Å². The minimum absolute atomic E-state index is 0.372. The van der Waals surface area contributed by atoms with Crippen molar-refractivity contribution in [2.24, 2.45) is 0 Å². The van der Waals surface area contributed by atoms with E-state index in [1.165, 1.54) is 7.11 Å². The number of benzene rings is 3. The second kappa shape index (κ2) is 5.43. The largest absolute Gasteiger partial charge is 0.513 e. The summed E-state index contributed by atoms with van der Waals surface area (Å²) in [5.74, 6) is 0.372. The minimum Gasteiger partial charge on any atom is -0.437 e. The molecule has 5 heteroatoms. The molecule has 0 aromatic heterocycles. The van der Waals surface area contributed by atoms with E-state index in [4.69, 9.17) is 27.9 Å². The molecular weight excluding hydrogens is 311 g/mol. The second-order valence-corrected chi connectivity index (χ2v) is 5.31. The summed E-state index contributed by atoms with van der Waals surface area (Å²) in [6, 6.07) is 12.8. The highest BCUT2D eigenvalue weighted by Crippen LogP contribution is 2.39. The van der Waals surface area contributed by atoms with Crippen LogP contribution < -0.4 is 4.74 Å². The minimum atomic E-state index is -0.793. The summed E-state index contributed by atoms with van der Waals surface area (Å²) in [6.07, 6.45) is -0.793. The van der Waals surface area contributed by atoms with Gasteiger partial charge in [-0.05, 0) is 41.1 Å². The van der Waals surface area contributed by atoms with Crippen molar-refractivity contribution in [3.05, 3.63) is 52.5 Å². The number of hydrogen-bond donors (Lipinski definition) is 0. The van der Waals surface area contributed by atoms with E-state index in [0.717, 1.165) is 16.2 Å². The molecule has 0 unspecified atom stereocenters. The van der Waals surface area contributed by atoms with Gasteiger partial charge in [-0.2, -0.15) is 0 Å². The van der Waals surface area contributed by atoms with Crippen LogP contribution in [0.5, 0.6) is 5.75 Å². The maximum absolute atomic E-state index is 11.5. The highest BCUT2D eigenvalue weighted by Gasteiger charge is 2.15. The zero-order valence-corrected chi connectivity index (χ0v) is 12.5. The summed E-state index contributed by atoms with van der Waals surface area (Å²) in [5.41, 5.74) is 0. The van der Waals surface area contributed by atoms with Crippen molar-refractivity contribution in [1.29, 1.82) is 0 Å². The van der Waals surface area contributed by atoms with Gasteiger partial charge in [0.2, 0.25) is 0 Å². The van der Waals surface area contributed by atoms with Crippen molar-refractivity contribution in [2.45, 2.75) is 0 Å². The van der Waals surface area contributed by atoms with Crippen LogP contribution in [-0.2, 0) is 4.74 Å². The summed E-state index contributed by atoms with van der Waals surface area (Å²) < 4.78 is 9.91. The van der Waals surface area contributed by atoms with E-state index in [1.807, 2.05) is 18.2 Å². The van der Waals surface area contributed by atoms with Crippen molar-refractivity contribution in [3.8, 4) is 5.75 Å². The maximum atomic E-state index is 11.5. The van der Waals surface area contributed by atoms with Crippen LogP contribution in [0.2, 0.25) is 10.0 Å². The summed E-state index contributed by atoms with van der Waals surface area (Å²) in [5, 5.41) is 4.23. The molecule has 0 amide bonds. The molecule has 0 N–H and O–H groups in total. The number of halogens is 2. The molecule has 0 heterocycles. The van der Waals surface area contributed by atoms with Crippen LogP contribution in [0.1, 0.15) is 0 Å².